The van der Waals surface area contributed by atoms with Gasteiger partial charge in [0.05, 0.1) is 52.1 Å². The van der Waals surface area contributed by atoms with Crippen molar-refractivity contribution in [2.45, 2.75) is 25.6 Å². The summed E-state index contributed by atoms with van der Waals surface area (Å²) in [6.45, 7) is 2.17. The van der Waals surface area contributed by atoms with Crippen molar-refractivity contribution in [1.82, 2.24) is 19.6 Å². The lowest BCUT2D eigenvalue weighted by molar-refractivity contribution is 0.00145. The maximum atomic E-state index is 15.2. The molecule has 178 valence electrons. The van der Waals surface area contributed by atoms with Crippen LogP contribution in [0.1, 0.15) is 29.8 Å². The van der Waals surface area contributed by atoms with Crippen LogP contribution >= 0.6 is 0 Å². The third-order valence-corrected chi connectivity index (χ3v) is 5.51. The topological polar surface area (TPSA) is 133 Å². The molecule has 0 aliphatic carbocycles. The molecule has 4 heterocycles. The van der Waals surface area contributed by atoms with Gasteiger partial charge in [0.2, 0.25) is 5.95 Å². The highest BCUT2D eigenvalue weighted by Crippen LogP contribution is 2.38. The number of amides is 1. The van der Waals surface area contributed by atoms with Gasteiger partial charge in [0.25, 0.3) is 5.91 Å². The number of aliphatic hydroxyl groups is 1. The van der Waals surface area contributed by atoms with Crippen LogP contribution < -0.4 is 10.6 Å². The first-order valence-electron chi connectivity index (χ1n) is 10.5. The number of rotatable bonds is 7. The number of pyridine rings is 2. The van der Waals surface area contributed by atoms with E-state index >= 15 is 4.39 Å². The van der Waals surface area contributed by atoms with Gasteiger partial charge in [-0.1, -0.05) is 0 Å². The summed E-state index contributed by atoms with van der Waals surface area (Å²) >= 11 is 0. The quantitative estimate of drug-likeness (QED) is 0.391. The molecule has 0 aromatic carbocycles. The maximum absolute atomic E-state index is 15.2. The molecule has 9 nitrogen and oxygen atoms in total. The summed E-state index contributed by atoms with van der Waals surface area (Å²) in [6.07, 6.45) is 3.46. The van der Waals surface area contributed by atoms with E-state index in [9.17, 15) is 14.3 Å². The number of alkyl halides is 1. The molecular formula is C24H21F2N7O2. The van der Waals surface area contributed by atoms with E-state index in [1.807, 2.05) is 6.07 Å². The molecule has 0 bridgehead atoms. The summed E-state index contributed by atoms with van der Waals surface area (Å²) < 4.78 is 31.2. The predicted octanol–water partition coefficient (Wildman–Crippen LogP) is 3.15. The zero-order valence-electron chi connectivity index (χ0n) is 18.9. The van der Waals surface area contributed by atoms with E-state index in [4.69, 9.17) is 11.0 Å². The molecule has 0 aliphatic heterocycles. The van der Waals surface area contributed by atoms with Crippen LogP contribution in [0.15, 0.2) is 55.1 Å². The van der Waals surface area contributed by atoms with Crippen LogP contribution in [0.2, 0.25) is 0 Å². The number of halogens is 2. The molecule has 0 fully saturated rings. The van der Waals surface area contributed by atoms with Gasteiger partial charge in [0.15, 0.2) is 0 Å². The highest BCUT2D eigenvalue weighted by Gasteiger charge is 2.32. The van der Waals surface area contributed by atoms with E-state index in [2.05, 4.69) is 15.1 Å². The summed E-state index contributed by atoms with van der Waals surface area (Å²) in [5.74, 6) is -1.66. The number of primary amides is 1. The largest absolute Gasteiger partial charge is 0.387 e. The molecule has 0 saturated heterocycles. The van der Waals surface area contributed by atoms with Crippen molar-refractivity contribution in [1.29, 1.82) is 5.26 Å². The smallest absolute Gasteiger partial charge is 0.252 e. The van der Waals surface area contributed by atoms with Gasteiger partial charge >= 0.3 is 0 Å². The molecular weight excluding hydrogens is 456 g/mol. The number of hydrogen-bond donors (Lipinski definition) is 2. The molecule has 11 heteroatoms. The average Bonchev–Trinajstić information content (AvgIpc) is 3.24. The highest BCUT2D eigenvalue weighted by molar-refractivity contribution is 6.00. The fourth-order valence-electron chi connectivity index (χ4n) is 3.63. The van der Waals surface area contributed by atoms with Crippen molar-refractivity contribution >= 4 is 22.8 Å². The molecule has 0 unspecified atom stereocenters. The summed E-state index contributed by atoms with van der Waals surface area (Å²) in [5, 5.41) is 23.7. The van der Waals surface area contributed by atoms with Crippen LogP contribution in [0, 0.1) is 17.3 Å². The zero-order chi connectivity index (χ0) is 25.3. The fraction of sp³-hybridized carbons (Fsp3) is 0.208. The Hall–Kier alpha value is -4.43. The third kappa shape index (κ3) is 4.64. The Labute approximate surface area is 199 Å². The lowest BCUT2D eigenvalue weighted by atomic mass is 10.0. The number of aromatic nitrogens is 4. The van der Waals surface area contributed by atoms with Crippen LogP contribution in [0.25, 0.3) is 16.8 Å². The minimum absolute atomic E-state index is 0.0181. The van der Waals surface area contributed by atoms with Crippen molar-refractivity contribution in [2.75, 3.05) is 11.4 Å². The van der Waals surface area contributed by atoms with E-state index < -0.39 is 30.2 Å². The molecule has 0 saturated carbocycles. The molecule has 35 heavy (non-hydrogen) atoms. The molecule has 4 rings (SSSR count). The standard InChI is InChI=1S/C24H21F2N7O2/c1-24(2,35)21(25)13-32(18-5-6-29-11-17(18)23(28)34)20-8-22(26)30-12-16(20)19-4-3-15-7-14(9-27)10-31-33(15)19/h3-8,10-12,21,35H,13H2,1-2H3,(H2,28,34)/t21-/m1/s1. The van der Waals surface area contributed by atoms with Crippen LogP contribution in [-0.4, -0.2) is 48.9 Å². The first-order chi connectivity index (χ1) is 16.6. The first kappa shape index (κ1) is 23.7. The van der Waals surface area contributed by atoms with Gasteiger partial charge in [-0.15, -0.1) is 0 Å². The summed E-state index contributed by atoms with van der Waals surface area (Å²) in [5.41, 5.74) is 5.90. The van der Waals surface area contributed by atoms with Gasteiger partial charge in [-0.05, 0) is 38.1 Å². The van der Waals surface area contributed by atoms with Crippen molar-refractivity contribution in [3.63, 3.8) is 0 Å². The predicted molar refractivity (Wildman–Crippen MR) is 124 cm³/mol. The lowest BCUT2D eigenvalue weighted by Crippen LogP contribution is -2.41. The number of nitrogens with two attached hydrogens (primary N) is 1. The average molecular weight is 477 g/mol. The minimum atomic E-state index is -1.80. The van der Waals surface area contributed by atoms with Crippen LogP contribution in [0.4, 0.5) is 20.2 Å². The zero-order valence-corrected chi connectivity index (χ0v) is 18.9. The Morgan fingerprint density at radius 3 is 2.71 bits per heavy atom. The monoisotopic (exact) mass is 477 g/mol. The normalized spacial score (nSPS) is 12.3. The molecule has 3 N–H and O–H groups in total. The number of nitriles is 1. The van der Waals surface area contributed by atoms with Gasteiger partial charge < -0.3 is 15.7 Å². The van der Waals surface area contributed by atoms with Crippen LogP contribution in [0.3, 0.4) is 0 Å². The van der Waals surface area contributed by atoms with E-state index in [0.29, 0.717) is 22.3 Å². The minimum Gasteiger partial charge on any atom is -0.387 e. The van der Waals surface area contributed by atoms with Gasteiger partial charge in [0, 0.05) is 30.2 Å². The second-order valence-electron chi connectivity index (χ2n) is 8.42. The van der Waals surface area contributed by atoms with Gasteiger partial charge in [-0.25, -0.2) is 13.9 Å². The summed E-state index contributed by atoms with van der Waals surface area (Å²) in [4.78, 5) is 21.2. The Kier molecular flexibility index (Phi) is 6.15. The lowest BCUT2D eigenvalue weighted by Gasteiger charge is -2.33. The van der Waals surface area contributed by atoms with Crippen molar-refractivity contribution in [3.05, 3.63) is 72.2 Å². The molecule has 0 radical (unpaired) electrons. The Morgan fingerprint density at radius 2 is 2.03 bits per heavy atom. The Morgan fingerprint density at radius 1 is 1.26 bits per heavy atom. The molecule has 4 aromatic rings. The van der Waals surface area contributed by atoms with E-state index in [-0.39, 0.29) is 16.9 Å². The molecule has 1 atom stereocenters. The van der Waals surface area contributed by atoms with Crippen LogP contribution in [-0.2, 0) is 0 Å². The van der Waals surface area contributed by atoms with E-state index in [1.54, 1.807) is 18.2 Å². The number of fused-ring (bicyclic) bond motifs is 1. The number of nitrogens with zero attached hydrogens (tertiary/aromatic N) is 6. The molecule has 0 spiro atoms. The van der Waals surface area contributed by atoms with Gasteiger partial charge in [-0.2, -0.15) is 14.8 Å². The number of anilines is 2. The number of carbonyl (C=O) groups excluding carboxylic acids is 1. The second kappa shape index (κ2) is 9.08. The summed E-state index contributed by atoms with van der Waals surface area (Å²) in [7, 11) is 0. The van der Waals surface area contributed by atoms with Crippen molar-refractivity contribution < 1.29 is 18.7 Å². The van der Waals surface area contributed by atoms with E-state index in [1.165, 1.54) is 54.1 Å². The second-order valence-corrected chi connectivity index (χ2v) is 8.42. The van der Waals surface area contributed by atoms with Crippen molar-refractivity contribution in [3.8, 4) is 17.3 Å². The third-order valence-electron chi connectivity index (χ3n) is 5.51. The first-order valence-corrected chi connectivity index (χ1v) is 10.5. The molecule has 4 aromatic heterocycles. The molecule has 0 aliphatic rings. The highest BCUT2D eigenvalue weighted by atomic mass is 19.1. The van der Waals surface area contributed by atoms with Gasteiger partial charge in [0.1, 0.15) is 12.2 Å². The van der Waals surface area contributed by atoms with Gasteiger partial charge in [-0.3, -0.25) is 9.78 Å². The Bertz CT molecular complexity index is 1460. The van der Waals surface area contributed by atoms with Crippen LogP contribution in [0.5, 0.6) is 0 Å². The van der Waals surface area contributed by atoms with E-state index in [0.717, 1.165) is 6.07 Å². The maximum Gasteiger partial charge on any atom is 0.252 e. The Balaban J connectivity index is 1.97. The number of hydrogen-bond acceptors (Lipinski definition) is 7. The number of carbonyl (C=O) groups is 1. The summed E-state index contributed by atoms with van der Waals surface area (Å²) in [6, 6.07) is 9.62. The van der Waals surface area contributed by atoms with Crippen molar-refractivity contribution in [2.24, 2.45) is 5.73 Å². The molecule has 1 amide bonds. The SMILES string of the molecule is CC(C)(O)[C@H](F)CN(c1ccncc1C(N)=O)c1cc(F)ncc1-c1ccc2cc(C#N)cnn12. The fourth-order valence-corrected chi connectivity index (χ4v) is 3.63.